The number of amides is 1. The summed E-state index contributed by atoms with van der Waals surface area (Å²) in [4.78, 5) is 23.1. The van der Waals surface area contributed by atoms with Gasteiger partial charge in [-0.25, -0.2) is 13.4 Å². The highest BCUT2D eigenvalue weighted by molar-refractivity contribution is 7.89. The Hall–Kier alpha value is -2.91. The normalized spacial score (nSPS) is 19.3. The van der Waals surface area contributed by atoms with Gasteiger partial charge in [0, 0.05) is 44.0 Å². The number of carbonyl (C=O) groups excluding carboxylic acids is 1. The van der Waals surface area contributed by atoms with Crippen LogP contribution in [-0.2, 0) is 20.2 Å². The number of rotatable bonds is 5. The van der Waals surface area contributed by atoms with Gasteiger partial charge in [-0.1, -0.05) is 31.4 Å². The zero-order valence-electron chi connectivity index (χ0n) is 19.4. The average Bonchev–Trinajstić information content (AvgIpc) is 3.34. The Labute approximate surface area is 200 Å². The molecule has 0 bridgehead atoms. The third kappa shape index (κ3) is 3.86. The molecule has 5 rings (SSSR count). The van der Waals surface area contributed by atoms with E-state index in [1.54, 1.807) is 25.4 Å². The number of benzene rings is 1. The topological polar surface area (TPSA) is 95.6 Å². The lowest BCUT2D eigenvalue weighted by Crippen LogP contribution is -2.56. The molecule has 2 fully saturated rings. The Bertz CT molecular complexity index is 1270. The van der Waals surface area contributed by atoms with Crippen LogP contribution < -0.4 is 4.74 Å². The average molecular weight is 483 g/mol. The van der Waals surface area contributed by atoms with Gasteiger partial charge in [-0.3, -0.25) is 4.79 Å². The minimum absolute atomic E-state index is 0.116. The Kier molecular flexibility index (Phi) is 6.07. The van der Waals surface area contributed by atoms with Gasteiger partial charge in [0.25, 0.3) is 0 Å². The van der Waals surface area contributed by atoms with Crippen LogP contribution >= 0.6 is 0 Å². The molecule has 1 saturated heterocycles. The van der Waals surface area contributed by atoms with Crippen LogP contribution in [0.25, 0.3) is 11.0 Å². The van der Waals surface area contributed by atoms with Crippen LogP contribution in [0.1, 0.15) is 37.7 Å². The van der Waals surface area contributed by atoms with Gasteiger partial charge in [-0.2, -0.15) is 4.31 Å². The van der Waals surface area contributed by atoms with Crippen molar-refractivity contribution in [2.24, 2.45) is 0 Å². The molecule has 34 heavy (non-hydrogen) atoms. The summed E-state index contributed by atoms with van der Waals surface area (Å²) < 4.78 is 33.5. The van der Waals surface area contributed by atoms with E-state index >= 15 is 0 Å². The molecule has 180 valence electrons. The molecule has 1 aromatic carbocycles. The number of aromatic amines is 1. The van der Waals surface area contributed by atoms with Crippen LogP contribution in [-0.4, -0.2) is 66.8 Å². The maximum Gasteiger partial charge on any atom is 0.245 e. The lowest BCUT2D eigenvalue weighted by molar-refractivity contribution is -0.140. The van der Waals surface area contributed by atoms with E-state index < -0.39 is 15.4 Å². The van der Waals surface area contributed by atoms with Crippen molar-refractivity contribution >= 4 is 27.0 Å². The number of hydrogen-bond donors (Lipinski definition) is 1. The van der Waals surface area contributed by atoms with E-state index in [4.69, 9.17) is 4.74 Å². The number of carbonyl (C=O) groups is 1. The number of hydrogen-bond acceptors (Lipinski definition) is 5. The van der Waals surface area contributed by atoms with Crippen molar-refractivity contribution in [1.82, 2.24) is 19.2 Å². The fourth-order valence-electron chi connectivity index (χ4n) is 5.41. The SMILES string of the molecule is COc1ccc(C2(C(=O)N3CCN(S(=O)(=O)c4c[nH]c5ncccc45)CC3)CCCCC2)cc1. The second kappa shape index (κ2) is 9.03. The monoisotopic (exact) mass is 482 g/mol. The predicted octanol–water partition coefficient (Wildman–Crippen LogP) is 3.31. The quantitative estimate of drug-likeness (QED) is 0.602. The number of piperazine rings is 1. The zero-order chi connectivity index (χ0) is 23.8. The first-order valence-electron chi connectivity index (χ1n) is 11.8. The second-order valence-corrected chi connectivity index (χ2v) is 11.0. The van der Waals surface area contributed by atoms with Crippen LogP contribution in [0.15, 0.2) is 53.7 Å². The molecule has 8 nitrogen and oxygen atoms in total. The highest BCUT2D eigenvalue weighted by Gasteiger charge is 2.44. The molecule has 1 aliphatic carbocycles. The van der Waals surface area contributed by atoms with E-state index in [2.05, 4.69) is 9.97 Å². The largest absolute Gasteiger partial charge is 0.497 e. The van der Waals surface area contributed by atoms with Gasteiger partial charge in [-0.15, -0.1) is 0 Å². The zero-order valence-corrected chi connectivity index (χ0v) is 20.2. The molecule has 1 saturated carbocycles. The first kappa shape index (κ1) is 22.9. The molecule has 1 N–H and O–H groups in total. The fourth-order valence-corrected chi connectivity index (χ4v) is 6.98. The molecular weight excluding hydrogens is 452 g/mol. The van der Waals surface area contributed by atoms with E-state index in [0.717, 1.165) is 43.4 Å². The first-order chi connectivity index (χ1) is 16.5. The van der Waals surface area contributed by atoms with Gasteiger partial charge in [-0.05, 0) is 42.7 Å². The van der Waals surface area contributed by atoms with Crippen molar-refractivity contribution in [3.63, 3.8) is 0 Å². The molecule has 0 unspecified atom stereocenters. The van der Waals surface area contributed by atoms with E-state index in [9.17, 15) is 13.2 Å². The standard InChI is InChI=1S/C25H30N4O4S/c1-33-20-9-7-19(8-10-20)25(11-3-2-4-12-25)24(30)28-14-16-29(17-15-28)34(31,32)22-18-27-23-21(22)6-5-13-26-23/h5-10,13,18H,2-4,11-12,14-17H2,1H3,(H,26,27). The molecule has 2 aliphatic rings. The van der Waals surface area contributed by atoms with Gasteiger partial charge < -0.3 is 14.6 Å². The number of H-pyrrole nitrogens is 1. The van der Waals surface area contributed by atoms with Gasteiger partial charge in [0.05, 0.1) is 12.5 Å². The molecule has 2 aromatic heterocycles. The summed E-state index contributed by atoms with van der Waals surface area (Å²) in [5.74, 6) is 0.888. The highest BCUT2D eigenvalue weighted by atomic mass is 32.2. The summed E-state index contributed by atoms with van der Waals surface area (Å²) >= 11 is 0. The second-order valence-electron chi connectivity index (χ2n) is 9.12. The van der Waals surface area contributed by atoms with Crippen molar-refractivity contribution in [2.75, 3.05) is 33.3 Å². The molecule has 0 radical (unpaired) electrons. The summed E-state index contributed by atoms with van der Waals surface area (Å²) in [6.07, 6.45) is 7.94. The molecule has 1 aliphatic heterocycles. The van der Waals surface area contributed by atoms with Crippen LogP contribution in [0.4, 0.5) is 0 Å². The molecule has 0 spiro atoms. The van der Waals surface area contributed by atoms with E-state index in [1.165, 1.54) is 10.5 Å². The summed E-state index contributed by atoms with van der Waals surface area (Å²) in [7, 11) is -2.05. The lowest BCUT2D eigenvalue weighted by Gasteiger charge is -2.43. The number of nitrogens with zero attached hydrogens (tertiary/aromatic N) is 3. The fraction of sp³-hybridized carbons (Fsp3) is 0.440. The number of sulfonamides is 1. The number of fused-ring (bicyclic) bond motifs is 1. The summed E-state index contributed by atoms with van der Waals surface area (Å²) in [6, 6.07) is 11.3. The Balaban J connectivity index is 1.35. The minimum Gasteiger partial charge on any atom is -0.497 e. The molecule has 9 heteroatoms. The molecule has 1 amide bonds. The number of aromatic nitrogens is 2. The third-order valence-corrected chi connectivity index (χ3v) is 9.25. The first-order valence-corrected chi connectivity index (χ1v) is 13.3. The number of ether oxygens (including phenoxy) is 1. The lowest BCUT2D eigenvalue weighted by atomic mass is 9.68. The number of methoxy groups -OCH3 is 1. The molecule has 0 atom stereocenters. The Morgan fingerprint density at radius 3 is 2.41 bits per heavy atom. The minimum atomic E-state index is -3.68. The van der Waals surface area contributed by atoms with Crippen molar-refractivity contribution in [3.05, 3.63) is 54.4 Å². The van der Waals surface area contributed by atoms with E-state index in [1.807, 2.05) is 29.2 Å². The van der Waals surface area contributed by atoms with Crippen LogP contribution in [0.5, 0.6) is 5.75 Å². The molecular formula is C25H30N4O4S. The predicted molar refractivity (Wildman–Crippen MR) is 129 cm³/mol. The number of pyridine rings is 1. The molecule has 3 heterocycles. The van der Waals surface area contributed by atoms with E-state index in [0.29, 0.717) is 24.1 Å². The summed E-state index contributed by atoms with van der Waals surface area (Å²) in [6.45, 7) is 1.33. The molecule has 3 aromatic rings. The van der Waals surface area contributed by atoms with Gasteiger partial charge in [0.1, 0.15) is 16.3 Å². The maximum atomic E-state index is 13.9. The Morgan fingerprint density at radius 2 is 1.74 bits per heavy atom. The van der Waals surface area contributed by atoms with Crippen LogP contribution in [0.3, 0.4) is 0 Å². The van der Waals surface area contributed by atoms with Crippen molar-refractivity contribution in [3.8, 4) is 5.75 Å². The van der Waals surface area contributed by atoms with Crippen molar-refractivity contribution in [2.45, 2.75) is 42.4 Å². The van der Waals surface area contributed by atoms with E-state index in [-0.39, 0.29) is 23.9 Å². The van der Waals surface area contributed by atoms with Crippen molar-refractivity contribution in [1.29, 1.82) is 0 Å². The van der Waals surface area contributed by atoms with Crippen LogP contribution in [0.2, 0.25) is 0 Å². The smallest absolute Gasteiger partial charge is 0.245 e. The highest BCUT2D eigenvalue weighted by Crippen LogP contribution is 2.42. The van der Waals surface area contributed by atoms with Gasteiger partial charge in [0.2, 0.25) is 15.9 Å². The summed E-state index contributed by atoms with van der Waals surface area (Å²) in [5.41, 5.74) is 1.03. The summed E-state index contributed by atoms with van der Waals surface area (Å²) in [5, 5.41) is 0.585. The van der Waals surface area contributed by atoms with Gasteiger partial charge >= 0.3 is 0 Å². The number of nitrogens with one attached hydrogen (secondary N) is 1. The third-order valence-electron chi connectivity index (χ3n) is 7.32. The van der Waals surface area contributed by atoms with Gasteiger partial charge in [0.15, 0.2) is 0 Å². The van der Waals surface area contributed by atoms with Crippen LogP contribution in [0, 0.1) is 0 Å². The van der Waals surface area contributed by atoms with Crippen molar-refractivity contribution < 1.29 is 17.9 Å². The Morgan fingerprint density at radius 1 is 1.03 bits per heavy atom. The maximum absolute atomic E-state index is 13.9.